The molecule has 10 nitrogen and oxygen atoms in total. The van der Waals surface area contributed by atoms with Gasteiger partial charge in [-0.1, -0.05) is 29.3 Å². The average molecular weight is 529 g/mol. The standard InChI is InChI=1S/C24H18Cl2N4O6/c1-12-9-14(13(2)28(12)18-8-7-15(30(34)35)11-20(18)36-3)10-16-22(31)27-24(33)29(23(16)32)19-6-4-5-17(25)21(19)26/h4-11H,1-3H3,(H,27,31,33)/b16-10+. The fourth-order valence-electron chi connectivity index (χ4n) is 3.97. The fraction of sp³-hybridized carbons (Fsp3) is 0.125. The maximum atomic E-state index is 13.3. The third kappa shape index (κ3) is 4.21. The summed E-state index contributed by atoms with van der Waals surface area (Å²) in [6.45, 7) is 3.54. The Balaban J connectivity index is 1.80. The number of carbonyl (C=O) groups is 3. The number of imide groups is 2. The van der Waals surface area contributed by atoms with E-state index in [0.29, 0.717) is 22.6 Å². The van der Waals surface area contributed by atoms with Crippen molar-refractivity contribution in [1.29, 1.82) is 0 Å². The number of aromatic nitrogens is 1. The minimum absolute atomic E-state index is 0.0141. The van der Waals surface area contributed by atoms with E-state index in [1.165, 1.54) is 43.5 Å². The molecule has 4 amide bonds. The second kappa shape index (κ2) is 9.48. The van der Waals surface area contributed by atoms with E-state index in [4.69, 9.17) is 27.9 Å². The first kappa shape index (κ1) is 25.0. The van der Waals surface area contributed by atoms with Crippen LogP contribution in [0.4, 0.5) is 16.2 Å². The summed E-state index contributed by atoms with van der Waals surface area (Å²) in [6.07, 6.45) is 1.37. The first-order chi connectivity index (χ1) is 17.0. The summed E-state index contributed by atoms with van der Waals surface area (Å²) >= 11 is 12.3. The summed E-state index contributed by atoms with van der Waals surface area (Å²) in [7, 11) is 1.40. The van der Waals surface area contributed by atoms with E-state index in [9.17, 15) is 24.5 Å². The van der Waals surface area contributed by atoms with Crippen molar-refractivity contribution in [3.8, 4) is 11.4 Å². The van der Waals surface area contributed by atoms with Crippen LogP contribution in [0.1, 0.15) is 17.0 Å². The SMILES string of the molecule is COc1cc([N+](=O)[O-])ccc1-n1c(C)cc(/C=C2\C(=O)NC(=O)N(c3cccc(Cl)c3Cl)C2=O)c1C. The van der Waals surface area contributed by atoms with Crippen LogP contribution in [0.3, 0.4) is 0 Å². The molecule has 2 aromatic carbocycles. The number of hydrogen-bond acceptors (Lipinski definition) is 6. The topological polar surface area (TPSA) is 124 Å². The number of hydrogen-bond donors (Lipinski definition) is 1. The van der Waals surface area contributed by atoms with Gasteiger partial charge in [-0.2, -0.15) is 0 Å². The zero-order valence-corrected chi connectivity index (χ0v) is 20.7. The molecule has 36 heavy (non-hydrogen) atoms. The van der Waals surface area contributed by atoms with Crippen molar-refractivity contribution in [3.05, 3.63) is 85.1 Å². The molecule has 1 aliphatic heterocycles. The van der Waals surface area contributed by atoms with E-state index >= 15 is 0 Å². The predicted molar refractivity (Wildman–Crippen MR) is 134 cm³/mol. The van der Waals surface area contributed by atoms with Crippen molar-refractivity contribution in [2.45, 2.75) is 13.8 Å². The molecular formula is C24H18Cl2N4O6. The molecule has 3 aromatic rings. The quantitative estimate of drug-likeness (QED) is 0.215. The highest BCUT2D eigenvalue weighted by atomic mass is 35.5. The monoisotopic (exact) mass is 528 g/mol. The van der Waals surface area contributed by atoms with E-state index in [2.05, 4.69) is 5.32 Å². The molecule has 1 aliphatic rings. The number of anilines is 1. The van der Waals surface area contributed by atoms with Gasteiger partial charge >= 0.3 is 6.03 Å². The van der Waals surface area contributed by atoms with Crippen molar-refractivity contribution < 1.29 is 24.0 Å². The van der Waals surface area contributed by atoms with Crippen molar-refractivity contribution in [2.75, 3.05) is 12.0 Å². The second-order valence-electron chi connectivity index (χ2n) is 7.81. The summed E-state index contributed by atoms with van der Waals surface area (Å²) < 4.78 is 7.14. The van der Waals surface area contributed by atoms with Gasteiger partial charge in [-0.3, -0.25) is 25.0 Å². The lowest BCUT2D eigenvalue weighted by Crippen LogP contribution is -2.54. The molecule has 0 bridgehead atoms. The number of nitrogens with one attached hydrogen (secondary N) is 1. The van der Waals surface area contributed by atoms with E-state index in [0.717, 1.165) is 4.90 Å². The van der Waals surface area contributed by atoms with Crippen LogP contribution in [-0.2, 0) is 9.59 Å². The Labute approximate surface area is 214 Å². The first-order valence-corrected chi connectivity index (χ1v) is 11.2. The number of amides is 4. The molecular weight excluding hydrogens is 511 g/mol. The van der Waals surface area contributed by atoms with Crippen LogP contribution < -0.4 is 15.0 Å². The summed E-state index contributed by atoms with van der Waals surface area (Å²) in [5, 5.41) is 13.4. The number of halogens is 2. The minimum atomic E-state index is -0.951. The summed E-state index contributed by atoms with van der Waals surface area (Å²) in [5.74, 6) is -1.47. The lowest BCUT2D eigenvalue weighted by Gasteiger charge is -2.27. The largest absolute Gasteiger partial charge is 0.494 e. The zero-order valence-electron chi connectivity index (χ0n) is 19.2. The van der Waals surface area contributed by atoms with Gasteiger partial charge in [0.1, 0.15) is 11.3 Å². The number of carbonyl (C=O) groups excluding carboxylic acids is 3. The summed E-state index contributed by atoms with van der Waals surface area (Å²) in [5.41, 5.74) is 1.99. The Morgan fingerprint density at radius 3 is 2.44 bits per heavy atom. The smallest absolute Gasteiger partial charge is 0.336 e. The Hall–Kier alpha value is -4.15. The normalized spacial score (nSPS) is 14.9. The van der Waals surface area contributed by atoms with Gasteiger partial charge in [-0.25, -0.2) is 9.69 Å². The molecule has 1 N–H and O–H groups in total. The molecule has 0 unspecified atom stereocenters. The Morgan fingerprint density at radius 1 is 1.06 bits per heavy atom. The number of benzene rings is 2. The number of barbiturate groups is 1. The van der Waals surface area contributed by atoms with Crippen molar-refractivity contribution in [3.63, 3.8) is 0 Å². The molecule has 12 heteroatoms. The van der Waals surface area contributed by atoms with Crippen LogP contribution in [0.25, 0.3) is 11.8 Å². The number of nitro benzene ring substituents is 1. The van der Waals surface area contributed by atoms with Gasteiger partial charge in [0.2, 0.25) is 0 Å². The minimum Gasteiger partial charge on any atom is -0.494 e. The lowest BCUT2D eigenvalue weighted by atomic mass is 10.1. The Bertz CT molecular complexity index is 1490. The molecule has 0 aliphatic carbocycles. The van der Waals surface area contributed by atoms with Gasteiger partial charge in [-0.15, -0.1) is 0 Å². The first-order valence-electron chi connectivity index (χ1n) is 10.4. The third-order valence-electron chi connectivity index (χ3n) is 5.66. The van der Waals surface area contributed by atoms with Crippen LogP contribution >= 0.6 is 23.2 Å². The van der Waals surface area contributed by atoms with E-state index in [1.807, 2.05) is 0 Å². The van der Waals surface area contributed by atoms with Gasteiger partial charge in [0.25, 0.3) is 17.5 Å². The van der Waals surface area contributed by atoms with Crippen LogP contribution in [0.2, 0.25) is 10.0 Å². The van der Waals surface area contributed by atoms with Gasteiger partial charge in [0.05, 0.1) is 39.5 Å². The number of nitro groups is 1. The number of nitrogens with zero attached hydrogens (tertiary/aromatic N) is 3. The molecule has 4 rings (SSSR count). The highest BCUT2D eigenvalue weighted by Crippen LogP contribution is 2.35. The van der Waals surface area contributed by atoms with Crippen LogP contribution in [0.15, 0.2) is 48.0 Å². The van der Waals surface area contributed by atoms with Crippen LogP contribution in [0.5, 0.6) is 5.75 Å². The number of ether oxygens (including phenoxy) is 1. The predicted octanol–water partition coefficient (Wildman–Crippen LogP) is 4.98. The average Bonchev–Trinajstić information content (AvgIpc) is 3.11. The fourth-order valence-corrected chi connectivity index (χ4v) is 4.35. The zero-order chi connectivity index (χ0) is 26.3. The molecule has 1 aromatic heterocycles. The van der Waals surface area contributed by atoms with Gasteiger partial charge in [0.15, 0.2) is 0 Å². The van der Waals surface area contributed by atoms with Gasteiger partial charge < -0.3 is 9.30 Å². The van der Waals surface area contributed by atoms with E-state index in [1.54, 1.807) is 30.5 Å². The molecule has 1 fully saturated rings. The summed E-state index contributed by atoms with van der Waals surface area (Å²) in [6, 6.07) is 9.45. The second-order valence-corrected chi connectivity index (χ2v) is 8.59. The maximum absolute atomic E-state index is 13.3. The highest BCUT2D eigenvalue weighted by molar-refractivity contribution is 6.46. The molecule has 0 spiro atoms. The van der Waals surface area contributed by atoms with Crippen LogP contribution in [0, 0.1) is 24.0 Å². The highest BCUT2D eigenvalue weighted by Gasteiger charge is 2.38. The number of urea groups is 1. The lowest BCUT2D eigenvalue weighted by molar-refractivity contribution is -0.384. The van der Waals surface area contributed by atoms with Gasteiger partial charge in [-0.05, 0) is 49.8 Å². The number of rotatable bonds is 5. The molecule has 1 saturated heterocycles. The number of non-ortho nitro benzene ring substituents is 1. The summed E-state index contributed by atoms with van der Waals surface area (Å²) in [4.78, 5) is 49.8. The molecule has 0 saturated carbocycles. The van der Waals surface area contributed by atoms with Gasteiger partial charge in [0, 0.05) is 17.5 Å². The Kier molecular flexibility index (Phi) is 6.57. The van der Waals surface area contributed by atoms with Crippen molar-refractivity contribution in [1.82, 2.24) is 9.88 Å². The van der Waals surface area contributed by atoms with Crippen molar-refractivity contribution in [2.24, 2.45) is 0 Å². The third-order valence-corrected chi connectivity index (χ3v) is 6.47. The molecule has 184 valence electrons. The molecule has 0 radical (unpaired) electrons. The van der Waals surface area contributed by atoms with E-state index < -0.39 is 22.8 Å². The maximum Gasteiger partial charge on any atom is 0.336 e. The van der Waals surface area contributed by atoms with Crippen LogP contribution in [-0.4, -0.2) is 34.4 Å². The number of methoxy groups -OCH3 is 1. The Morgan fingerprint density at radius 2 is 1.78 bits per heavy atom. The molecule has 0 atom stereocenters. The number of aryl methyl sites for hydroxylation is 1. The molecule has 2 heterocycles. The van der Waals surface area contributed by atoms with Crippen molar-refractivity contribution >= 4 is 58.5 Å². The van der Waals surface area contributed by atoms with E-state index in [-0.39, 0.29) is 32.7 Å².